The Labute approximate surface area is 116 Å². The van der Waals surface area contributed by atoms with E-state index in [1.807, 2.05) is 12.1 Å². The first-order valence-electron chi connectivity index (χ1n) is 7.18. The van der Waals surface area contributed by atoms with Crippen LogP contribution in [-0.2, 0) is 0 Å². The predicted octanol–water partition coefficient (Wildman–Crippen LogP) is 4.96. The van der Waals surface area contributed by atoms with E-state index in [9.17, 15) is 0 Å². The van der Waals surface area contributed by atoms with Crippen molar-refractivity contribution in [2.45, 2.75) is 58.0 Å². The molecule has 1 aromatic rings. The molecule has 2 unspecified atom stereocenters. The zero-order valence-corrected chi connectivity index (χ0v) is 12.2. The first-order valence-corrected chi connectivity index (χ1v) is 7.56. The Balaban J connectivity index is 1.91. The van der Waals surface area contributed by atoms with Crippen molar-refractivity contribution in [3.8, 4) is 0 Å². The van der Waals surface area contributed by atoms with E-state index in [2.05, 4.69) is 31.3 Å². The molecule has 1 saturated carbocycles. The maximum absolute atomic E-state index is 6.05. The van der Waals surface area contributed by atoms with Crippen molar-refractivity contribution in [2.75, 3.05) is 0 Å². The third kappa shape index (κ3) is 3.73. The standard InChI is InChI=1S/C16H24ClN/c1-12(14-7-4-3-5-8-14)18-13(2)15-9-6-10-16(17)11-15/h6,9-14,18H,3-5,7-8H2,1-2H3. The number of benzene rings is 1. The first kappa shape index (κ1) is 13.9. The number of hydrogen-bond donors (Lipinski definition) is 1. The smallest absolute Gasteiger partial charge is 0.0409 e. The molecule has 0 spiro atoms. The molecular formula is C16H24ClN. The van der Waals surface area contributed by atoms with Crippen molar-refractivity contribution in [3.05, 3.63) is 34.9 Å². The highest BCUT2D eigenvalue weighted by atomic mass is 35.5. The van der Waals surface area contributed by atoms with Gasteiger partial charge in [0.15, 0.2) is 0 Å². The summed E-state index contributed by atoms with van der Waals surface area (Å²) in [5.41, 5.74) is 1.28. The number of nitrogens with one attached hydrogen (secondary N) is 1. The molecule has 0 heterocycles. The molecule has 0 aromatic heterocycles. The van der Waals surface area contributed by atoms with Gasteiger partial charge in [0, 0.05) is 17.1 Å². The molecule has 100 valence electrons. The molecule has 1 nitrogen and oxygen atoms in total. The van der Waals surface area contributed by atoms with Crippen molar-refractivity contribution < 1.29 is 0 Å². The number of rotatable bonds is 4. The fourth-order valence-electron chi connectivity index (χ4n) is 3.04. The lowest BCUT2D eigenvalue weighted by Crippen LogP contribution is -2.36. The van der Waals surface area contributed by atoms with Gasteiger partial charge in [0.05, 0.1) is 0 Å². The summed E-state index contributed by atoms with van der Waals surface area (Å²) in [6.45, 7) is 4.56. The van der Waals surface area contributed by atoms with Crippen LogP contribution >= 0.6 is 11.6 Å². The molecule has 1 fully saturated rings. The van der Waals surface area contributed by atoms with Crippen LogP contribution < -0.4 is 5.32 Å². The van der Waals surface area contributed by atoms with Gasteiger partial charge in [-0.05, 0) is 50.3 Å². The third-order valence-corrected chi connectivity index (χ3v) is 4.45. The van der Waals surface area contributed by atoms with Gasteiger partial charge in [-0.2, -0.15) is 0 Å². The molecule has 18 heavy (non-hydrogen) atoms. The molecule has 2 heteroatoms. The molecule has 2 rings (SSSR count). The summed E-state index contributed by atoms with van der Waals surface area (Å²) in [7, 11) is 0. The van der Waals surface area contributed by atoms with Crippen LogP contribution in [0.2, 0.25) is 5.02 Å². The highest BCUT2D eigenvalue weighted by molar-refractivity contribution is 6.30. The summed E-state index contributed by atoms with van der Waals surface area (Å²) in [4.78, 5) is 0. The Bertz CT molecular complexity index is 371. The van der Waals surface area contributed by atoms with Crippen LogP contribution in [0.1, 0.15) is 57.6 Å². The molecule has 1 aliphatic rings. The molecule has 0 aliphatic heterocycles. The summed E-state index contributed by atoms with van der Waals surface area (Å²) >= 11 is 6.05. The zero-order chi connectivity index (χ0) is 13.0. The summed E-state index contributed by atoms with van der Waals surface area (Å²) in [5.74, 6) is 0.848. The molecule has 0 radical (unpaired) electrons. The van der Waals surface area contributed by atoms with Gasteiger partial charge in [-0.3, -0.25) is 0 Å². The molecule has 1 aromatic carbocycles. The normalized spacial score (nSPS) is 20.6. The molecule has 2 atom stereocenters. The van der Waals surface area contributed by atoms with E-state index in [1.165, 1.54) is 37.7 Å². The van der Waals surface area contributed by atoms with Crippen LogP contribution in [0.15, 0.2) is 24.3 Å². The topological polar surface area (TPSA) is 12.0 Å². The van der Waals surface area contributed by atoms with Crippen LogP contribution in [0.5, 0.6) is 0 Å². The maximum atomic E-state index is 6.05. The van der Waals surface area contributed by atoms with Crippen molar-refractivity contribution >= 4 is 11.6 Å². The average Bonchev–Trinajstić information content (AvgIpc) is 2.39. The third-order valence-electron chi connectivity index (χ3n) is 4.22. The van der Waals surface area contributed by atoms with E-state index in [0.717, 1.165) is 10.9 Å². The maximum Gasteiger partial charge on any atom is 0.0409 e. The minimum absolute atomic E-state index is 0.376. The van der Waals surface area contributed by atoms with Crippen molar-refractivity contribution in [2.24, 2.45) is 5.92 Å². The van der Waals surface area contributed by atoms with Crippen LogP contribution in [0, 0.1) is 5.92 Å². The van der Waals surface area contributed by atoms with Gasteiger partial charge in [-0.1, -0.05) is 43.0 Å². The van der Waals surface area contributed by atoms with E-state index in [0.29, 0.717) is 12.1 Å². The summed E-state index contributed by atoms with van der Waals surface area (Å²) in [6.07, 6.45) is 7.00. The minimum Gasteiger partial charge on any atom is -0.307 e. The molecule has 0 saturated heterocycles. The summed E-state index contributed by atoms with van der Waals surface area (Å²) in [6, 6.07) is 9.15. The van der Waals surface area contributed by atoms with E-state index in [4.69, 9.17) is 11.6 Å². The van der Waals surface area contributed by atoms with Crippen LogP contribution in [0.3, 0.4) is 0 Å². The van der Waals surface area contributed by atoms with Crippen molar-refractivity contribution in [1.29, 1.82) is 0 Å². The Kier molecular flexibility index (Phi) is 5.08. The second-order valence-corrected chi connectivity index (χ2v) is 6.07. The van der Waals surface area contributed by atoms with Gasteiger partial charge in [-0.15, -0.1) is 0 Å². The van der Waals surface area contributed by atoms with Gasteiger partial charge in [0.25, 0.3) is 0 Å². The predicted molar refractivity (Wildman–Crippen MR) is 79.0 cm³/mol. The van der Waals surface area contributed by atoms with E-state index < -0.39 is 0 Å². The van der Waals surface area contributed by atoms with Crippen LogP contribution in [0.25, 0.3) is 0 Å². The fourth-order valence-corrected chi connectivity index (χ4v) is 3.24. The number of halogens is 1. The number of hydrogen-bond acceptors (Lipinski definition) is 1. The second-order valence-electron chi connectivity index (χ2n) is 5.63. The SMILES string of the molecule is CC(NC(C)C1CCCCC1)c1cccc(Cl)c1. The van der Waals surface area contributed by atoms with Crippen LogP contribution in [-0.4, -0.2) is 6.04 Å². The lowest BCUT2D eigenvalue weighted by atomic mass is 9.84. The lowest BCUT2D eigenvalue weighted by molar-refractivity contribution is 0.268. The monoisotopic (exact) mass is 265 g/mol. The van der Waals surface area contributed by atoms with E-state index >= 15 is 0 Å². The lowest BCUT2D eigenvalue weighted by Gasteiger charge is -2.30. The zero-order valence-electron chi connectivity index (χ0n) is 11.5. The van der Waals surface area contributed by atoms with Gasteiger partial charge in [0.1, 0.15) is 0 Å². The molecular weight excluding hydrogens is 242 g/mol. The Morgan fingerprint density at radius 1 is 1.17 bits per heavy atom. The highest BCUT2D eigenvalue weighted by Crippen LogP contribution is 2.28. The highest BCUT2D eigenvalue weighted by Gasteiger charge is 2.21. The quantitative estimate of drug-likeness (QED) is 0.811. The largest absolute Gasteiger partial charge is 0.307 e. The second kappa shape index (κ2) is 6.58. The first-order chi connectivity index (χ1) is 8.66. The molecule has 0 amide bonds. The van der Waals surface area contributed by atoms with Gasteiger partial charge in [-0.25, -0.2) is 0 Å². The Hall–Kier alpha value is -0.530. The van der Waals surface area contributed by atoms with Crippen molar-refractivity contribution in [1.82, 2.24) is 5.32 Å². The summed E-state index contributed by atoms with van der Waals surface area (Å²) < 4.78 is 0. The average molecular weight is 266 g/mol. The molecule has 1 aliphatic carbocycles. The van der Waals surface area contributed by atoms with E-state index in [1.54, 1.807) is 0 Å². The van der Waals surface area contributed by atoms with E-state index in [-0.39, 0.29) is 0 Å². The molecule has 0 bridgehead atoms. The Morgan fingerprint density at radius 3 is 2.56 bits per heavy atom. The van der Waals surface area contributed by atoms with Gasteiger partial charge < -0.3 is 5.32 Å². The van der Waals surface area contributed by atoms with Crippen LogP contribution in [0.4, 0.5) is 0 Å². The Morgan fingerprint density at radius 2 is 1.89 bits per heavy atom. The molecule has 1 N–H and O–H groups in total. The fraction of sp³-hybridized carbons (Fsp3) is 0.625. The van der Waals surface area contributed by atoms with Crippen molar-refractivity contribution in [3.63, 3.8) is 0 Å². The summed E-state index contributed by atoms with van der Waals surface area (Å²) in [5, 5.41) is 4.56. The van der Waals surface area contributed by atoms with Gasteiger partial charge >= 0.3 is 0 Å². The minimum atomic E-state index is 0.376. The van der Waals surface area contributed by atoms with Gasteiger partial charge in [0.2, 0.25) is 0 Å².